The summed E-state index contributed by atoms with van der Waals surface area (Å²) in [5.41, 5.74) is 2.88. The van der Waals surface area contributed by atoms with Crippen LogP contribution in [0.1, 0.15) is 50.7 Å². The van der Waals surface area contributed by atoms with Gasteiger partial charge in [0.15, 0.2) is 0 Å². The predicted molar refractivity (Wildman–Crippen MR) is 125 cm³/mol. The van der Waals surface area contributed by atoms with Crippen LogP contribution < -0.4 is 24.8 Å². The Morgan fingerprint density at radius 2 is 0.967 bits per heavy atom. The third kappa shape index (κ3) is 9.43. The summed E-state index contributed by atoms with van der Waals surface area (Å²) in [6, 6.07) is 26.1. The van der Waals surface area contributed by atoms with Crippen LogP contribution in [0.25, 0.3) is 21.5 Å². The molecule has 0 saturated heterocycles. The van der Waals surface area contributed by atoms with Crippen molar-refractivity contribution in [2.45, 2.75) is 51.0 Å². The van der Waals surface area contributed by atoms with Crippen molar-refractivity contribution in [2.24, 2.45) is 0 Å². The summed E-state index contributed by atoms with van der Waals surface area (Å²) >= 11 is 1.80. The van der Waals surface area contributed by atoms with E-state index in [2.05, 4.69) is 112 Å². The molecule has 4 aromatic carbocycles. The number of hydrogen-bond donors (Lipinski definition) is 0. The molecule has 0 amide bonds. The molecule has 0 spiro atoms. The summed E-state index contributed by atoms with van der Waals surface area (Å²) < 4.78 is 0. The second kappa shape index (κ2) is 14.7. The van der Waals surface area contributed by atoms with Crippen LogP contribution in [0, 0.1) is 0 Å². The van der Waals surface area contributed by atoms with Gasteiger partial charge in [0, 0.05) is 0 Å². The summed E-state index contributed by atoms with van der Waals surface area (Å²) in [5.74, 6) is 6.02. The Labute approximate surface area is 211 Å². The molecule has 0 bridgehead atoms. The fraction of sp³-hybridized carbons (Fsp3) is 0.308. The van der Waals surface area contributed by atoms with Gasteiger partial charge in [-0.1, -0.05) is 39.8 Å². The first kappa shape index (κ1) is 29.7. The van der Waals surface area contributed by atoms with Gasteiger partial charge in [-0.2, -0.15) is 12.1 Å². The first-order chi connectivity index (χ1) is 13.3. The third-order valence-electron chi connectivity index (χ3n) is 4.61. The standard InChI is InChI=1S/2C12H13.C2H6Ge.2ClH.Zr/c2*1-9(2)12-7-10-5-3-4-6-11(10)8-12;1-3-2;;;/h2*3-9H,1-2H3;1-2H3;2*1H;/q2*-1;;;;+2/p-2. The van der Waals surface area contributed by atoms with Gasteiger partial charge in [-0.15, -0.1) is 81.2 Å². The molecular weight excluding hydrogens is 547 g/mol. The van der Waals surface area contributed by atoms with Crippen molar-refractivity contribution < 1.29 is 46.4 Å². The molecule has 4 aromatic rings. The Morgan fingerprint density at radius 3 is 1.23 bits per heavy atom. The predicted octanol–water partition coefficient (Wildman–Crippen LogP) is 2.16. The molecule has 0 nitrogen and oxygen atoms in total. The smallest absolute Gasteiger partial charge is 1.00 e. The van der Waals surface area contributed by atoms with Crippen molar-refractivity contribution in [3.63, 3.8) is 0 Å². The largest absolute Gasteiger partial charge is 1.00 e. The average Bonchev–Trinajstić information content (AvgIpc) is 3.26. The van der Waals surface area contributed by atoms with E-state index in [0.717, 1.165) is 0 Å². The maximum atomic E-state index is 2.37. The molecule has 0 heterocycles. The van der Waals surface area contributed by atoms with Gasteiger partial charge in [-0.05, 0) is 11.8 Å². The van der Waals surface area contributed by atoms with E-state index in [1.54, 1.807) is 21.6 Å². The average molecular weight is 579 g/mol. The summed E-state index contributed by atoms with van der Waals surface area (Å²) in [4.78, 5) is 0. The molecule has 160 valence electrons. The number of benzene rings is 2. The minimum Gasteiger partial charge on any atom is -1.00 e. The molecular formula is C26H32Cl2GeZr-2. The topological polar surface area (TPSA) is 0 Å². The summed E-state index contributed by atoms with van der Waals surface area (Å²) in [6.45, 7) is 8.92. The number of halogens is 2. The molecule has 0 fully saturated rings. The van der Waals surface area contributed by atoms with Gasteiger partial charge in [-0.25, -0.2) is 0 Å². The van der Waals surface area contributed by atoms with E-state index < -0.39 is 0 Å². The van der Waals surface area contributed by atoms with E-state index in [0.29, 0.717) is 11.8 Å². The Balaban J connectivity index is 0.000000452. The molecule has 4 rings (SSSR count). The van der Waals surface area contributed by atoms with Crippen molar-refractivity contribution in [3.8, 4) is 0 Å². The van der Waals surface area contributed by atoms with Crippen LogP contribution >= 0.6 is 0 Å². The van der Waals surface area contributed by atoms with Crippen molar-refractivity contribution in [2.75, 3.05) is 0 Å². The van der Waals surface area contributed by atoms with Gasteiger partial charge in [-0.3, -0.25) is 0 Å². The summed E-state index contributed by atoms with van der Waals surface area (Å²) in [5, 5.41) is 5.45. The van der Waals surface area contributed by atoms with Crippen LogP contribution in [-0.4, -0.2) is 9.98 Å². The van der Waals surface area contributed by atoms with Gasteiger partial charge >= 0.3 is 43.1 Å². The quantitative estimate of drug-likeness (QED) is 0.253. The normalized spacial score (nSPS) is 9.93. The SMILES string of the molecule is CC(C)c1cc2ccccc2[cH-]1.CC(C)c1cc2ccccc2[cH-]1.[CH3][Ge]([CH3])=[Zr+2].[Cl-].[Cl-]. The molecule has 0 aromatic heterocycles. The Kier molecular flexibility index (Phi) is 14.5. The molecule has 0 N–H and O–H groups in total. The zero-order chi connectivity index (χ0) is 20.7. The fourth-order valence-electron chi connectivity index (χ4n) is 3.02. The van der Waals surface area contributed by atoms with Crippen LogP contribution in [0.3, 0.4) is 0 Å². The summed E-state index contributed by atoms with van der Waals surface area (Å²) in [7, 11) is -0.243. The molecule has 4 heteroatoms. The van der Waals surface area contributed by atoms with E-state index in [-0.39, 0.29) is 34.8 Å². The maximum Gasteiger partial charge on any atom is -1.00 e. The molecule has 0 aliphatic carbocycles. The number of rotatable bonds is 2. The van der Waals surface area contributed by atoms with Gasteiger partial charge in [0.2, 0.25) is 0 Å². The zero-order valence-electron chi connectivity index (χ0n) is 18.8. The van der Waals surface area contributed by atoms with E-state index in [9.17, 15) is 0 Å². The number of fused-ring (bicyclic) bond motifs is 2. The monoisotopic (exact) mass is 578 g/mol. The van der Waals surface area contributed by atoms with Crippen molar-refractivity contribution in [1.29, 1.82) is 0 Å². The van der Waals surface area contributed by atoms with E-state index >= 15 is 0 Å². The second-order valence-electron chi connectivity index (χ2n) is 8.14. The van der Waals surface area contributed by atoms with Gasteiger partial charge < -0.3 is 24.8 Å². The van der Waals surface area contributed by atoms with Gasteiger partial charge in [0.05, 0.1) is 0 Å². The Morgan fingerprint density at radius 1 is 0.667 bits per heavy atom. The molecule has 0 saturated carbocycles. The Bertz CT molecular complexity index is 880. The van der Waals surface area contributed by atoms with Crippen molar-refractivity contribution >= 4 is 31.5 Å². The van der Waals surface area contributed by atoms with E-state index in [1.165, 1.54) is 32.7 Å². The first-order valence-corrected chi connectivity index (χ1v) is 21.7. The molecule has 0 atom stereocenters. The van der Waals surface area contributed by atoms with Crippen molar-refractivity contribution in [1.82, 2.24) is 0 Å². The molecule has 0 aliphatic rings. The Hall–Kier alpha value is -0.334. The molecule has 0 unspecified atom stereocenters. The minimum atomic E-state index is -0.243. The fourth-order valence-corrected chi connectivity index (χ4v) is 3.02. The number of hydrogen-bond acceptors (Lipinski definition) is 0. The van der Waals surface area contributed by atoms with Crippen LogP contribution in [0.5, 0.6) is 0 Å². The van der Waals surface area contributed by atoms with Crippen LogP contribution in [0.15, 0.2) is 72.8 Å². The van der Waals surface area contributed by atoms with Crippen molar-refractivity contribution in [3.05, 3.63) is 83.9 Å². The van der Waals surface area contributed by atoms with E-state index in [1.807, 2.05) is 0 Å². The molecule has 0 aliphatic heterocycles. The maximum absolute atomic E-state index is 2.37. The molecule has 30 heavy (non-hydrogen) atoms. The van der Waals surface area contributed by atoms with E-state index in [4.69, 9.17) is 0 Å². The first-order valence-electron chi connectivity index (χ1n) is 10.1. The van der Waals surface area contributed by atoms with Gasteiger partial charge in [0.25, 0.3) is 0 Å². The molecule has 0 radical (unpaired) electrons. The van der Waals surface area contributed by atoms with Crippen LogP contribution in [0.2, 0.25) is 11.5 Å². The van der Waals surface area contributed by atoms with Crippen LogP contribution in [-0.2, 0) is 21.6 Å². The zero-order valence-corrected chi connectivity index (χ0v) is 24.9. The van der Waals surface area contributed by atoms with Gasteiger partial charge in [0.1, 0.15) is 0 Å². The second-order valence-corrected chi connectivity index (χ2v) is 25.1. The third-order valence-corrected chi connectivity index (χ3v) is 4.61. The van der Waals surface area contributed by atoms with Crippen LogP contribution in [0.4, 0.5) is 0 Å². The minimum absolute atomic E-state index is 0. The summed E-state index contributed by atoms with van der Waals surface area (Å²) in [6.07, 6.45) is 0.